The van der Waals surface area contributed by atoms with Crippen LogP contribution in [0.5, 0.6) is 0 Å². The van der Waals surface area contributed by atoms with Gasteiger partial charge in [-0.2, -0.15) is 0 Å². The highest BCUT2D eigenvalue weighted by molar-refractivity contribution is 6.08. The van der Waals surface area contributed by atoms with Gasteiger partial charge in [-0.1, -0.05) is 72.8 Å². The number of rotatable bonds is 16. The van der Waals surface area contributed by atoms with Crippen molar-refractivity contribution in [2.45, 2.75) is 19.3 Å². The van der Waals surface area contributed by atoms with Gasteiger partial charge < -0.3 is 26.6 Å². The van der Waals surface area contributed by atoms with Crippen LogP contribution < -0.4 is 31.9 Å². The van der Waals surface area contributed by atoms with Crippen LogP contribution in [0.25, 0.3) is 43.6 Å². The number of imide groups is 1. The minimum absolute atomic E-state index is 0.0259. The summed E-state index contributed by atoms with van der Waals surface area (Å²) in [7, 11) is 0. The van der Waals surface area contributed by atoms with Gasteiger partial charge in [0.05, 0.1) is 46.5 Å². The summed E-state index contributed by atoms with van der Waals surface area (Å²) in [5.74, 6) is -1.34. The Labute approximate surface area is 294 Å². The number of amides is 4. The van der Waals surface area contributed by atoms with E-state index in [1.165, 1.54) is 0 Å². The van der Waals surface area contributed by atoms with Gasteiger partial charge >= 0.3 is 0 Å². The number of anilines is 2. The van der Waals surface area contributed by atoms with Gasteiger partial charge in [-0.05, 0) is 37.2 Å². The molecular formula is C39H40N8O4. The van der Waals surface area contributed by atoms with Crippen LogP contribution in [-0.4, -0.2) is 72.9 Å². The van der Waals surface area contributed by atoms with Gasteiger partial charge in [0.25, 0.3) is 0 Å². The van der Waals surface area contributed by atoms with Crippen molar-refractivity contribution in [2.75, 3.05) is 49.9 Å². The first-order valence-electron chi connectivity index (χ1n) is 17.1. The predicted molar refractivity (Wildman–Crippen MR) is 201 cm³/mol. The van der Waals surface area contributed by atoms with E-state index in [1.54, 1.807) is 0 Å². The van der Waals surface area contributed by atoms with Gasteiger partial charge in [-0.3, -0.25) is 24.5 Å². The Hall–Kier alpha value is -6.14. The van der Waals surface area contributed by atoms with Crippen molar-refractivity contribution in [3.8, 4) is 0 Å². The molecule has 0 aliphatic rings. The van der Waals surface area contributed by atoms with Gasteiger partial charge in [0.2, 0.25) is 23.6 Å². The van der Waals surface area contributed by atoms with Crippen molar-refractivity contribution in [1.29, 1.82) is 0 Å². The quantitative estimate of drug-likeness (QED) is 0.0646. The molecule has 0 unspecified atom stereocenters. The monoisotopic (exact) mass is 684 g/mol. The highest BCUT2D eigenvalue weighted by Gasteiger charge is 2.12. The normalized spacial score (nSPS) is 11.1. The lowest BCUT2D eigenvalue weighted by Crippen LogP contribution is -2.40. The van der Waals surface area contributed by atoms with Crippen molar-refractivity contribution in [2.24, 2.45) is 0 Å². The van der Waals surface area contributed by atoms with E-state index in [4.69, 9.17) is 9.97 Å². The highest BCUT2D eigenvalue weighted by atomic mass is 16.2. The Morgan fingerprint density at radius 2 is 0.902 bits per heavy atom. The molecule has 260 valence electrons. The molecule has 6 aromatic rings. The van der Waals surface area contributed by atoms with Gasteiger partial charge in [0.1, 0.15) is 0 Å². The van der Waals surface area contributed by atoms with Crippen LogP contribution in [0.2, 0.25) is 0 Å². The van der Waals surface area contributed by atoms with E-state index in [1.807, 2.05) is 97.1 Å². The molecule has 4 aromatic carbocycles. The Kier molecular flexibility index (Phi) is 11.6. The maximum atomic E-state index is 12.4. The SMILES string of the molecule is O=C(CCNc1c2ccccc2nc2ccccc12)NCC(=O)NCCCNCC(=O)NC(=O)CCNc1c2ccccc2nc2ccccc12. The predicted octanol–water partition coefficient (Wildman–Crippen LogP) is 4.25. The van der Waals surface area contributed by atoms with Crippen molar-refractivity contribution in [3.63, 3.8) is 0 Å². The van der Waals surface area contributed by atoms with Gasteiger partial charge in [0, 0.05) is 54.0 Å². The molecule has 12 heteroatoms. The molecule has 6 rings (SSSR count). The van der Waals surface area contributed by atoms with Crippen molar-refractivity contribution in [3.05, 3.63) is 97.1 Å². The van der Waals surface area contributed by atoms with E-state index in [9.17, 15) is 19.2 Å². The standard InChI is InChI=1S/C39H40N8O4/c48-34(18-22-42-38-26-10-1-5-14-30(26)45-31-15-6-2-11-27(31)38)44-25-36(50)41-21-9-20-40-24-37(51)47-35(49)19-23-43-39-28-12-3-7-16-32(28)46-33-17-8-4-13-29(33)39/h1-8,10-17,40H,9,18-25H2,(H,41,50)(H,42,45)(H,43,46)(H,44,48)(H,47,49,51). The number of fused-ring (bicyclic) bond motifs is 4. The number of nitrogens with zero attached hydrogens (tertiary/aromatic N) is 2. The molecule has 0 atom stereocenters. The third-order valence-electron chi connectivity index (χ3n) is 8.35. The van der Waals surface area contributed by atoms with E-state index in [2.05, 4.69) is 31.9 Å². The Morgan fingerprint density at radius 3 is 1.39 bits per heavy atom. The summed E-state index contributed by atoms with van der Waals surface area (Å²) in [6.07, 6.45) is 0.883. The Balaban J connectivity index is 0.824. The summed E-state index contributed by atoms with van der Waals surface area (Å²) in [6.45, 7) is 1.43. The summed E-state index contributed by atoms with van der Waals surface area (Å²) in [5, 5.41) is 21.4. The van der Waals surface area contributed by atoms with Crippen LogP contribution in [-0.2, 0) is 19.2 Å². The number of para-hydroxylation sites is 4. The number of aromatic nitrogens is 2. The fourth-order valence-corrected chi connectivity index (χ4v) is 5.90. The maximum Gasteiger partial charge on any atom is 0.240 e. The summed E-state index contributed by atoms with van der Waals surface area (Å²) < 4.78 is 0. The lowest BCUT2D eigenvalue weighted by Gasteiger charge is -2.13. The molecule has 0 radical (unpaired) electrons. The fraction of sp³-hybridized carbons (Fsp3) is 0.231. The van der Waals surface area contributed by atoms with Crippen LogP contribution in [0.15, 0.2) is 97.1 Å². The number of nitrogens with one attached hydrogen (secondary N) is 6. The summed E-state index contributed by atoms with van der Waals surface area (Å²) >= 11 is 0. The van der Waals surface area contributed by atoms with Gasteiger partial charge in [-0.15, -0.1) is 0 Å². The average Bonchev–Trinajstić information content (AvgIpc) is 3.14. The largest absolute Gasteiger partial charge is 0.383 e. The number of carbonyl (C=O) groups is 4. The second-order valence-electron chi connectivity index (χ2n) is 12.0. The van der Waals surface area contributed by atoms with Crippen molar-refractivity contribution < 1.29 is 19.2 Å². The minimum Gasteiger partial charge on any atom is -0.383 e. The van der Waals surface area contributed by atoms with Crippen LogP contribution in [0.3, 0.4) is 0 Å². The molecule has 0 fully saturated rings. The zero-order valence-electron chi connectivity index (χ0n) is 28.1. The van der Waals surface area contributed by atoms with E-state index in [-0.39, 0.29) is 43.7 Å². The first-order valence-corrected chi connectivity index (χ1v) is 17.1. The van der Waals surface area contributed by atoms with Crippen LogP contribution in [0.4, 0.5) is 11.4 Å². The third-order valence-corrected chi connectivity index (χ3v) is 8.35. The molecule has 0 spiro atoms. The number of carbonyl (C=O) groups excluding carboxylic acids is 4. The molecule has 4 amide bonds. The number of hydrogen-bond acceptors (Lipinski definition) is 9. The van der Waals surface area contributed by atoms with Crippen LogP contribution >= 0.6 is 0 Å². The number of pyridine rings is 2. The summed E-state index contributed by atoms with van der Waals surface area (Å²) in [4.78, 5) is 58.7. The summed E-state index contributed by atoms with van der Waals surface area (Å²) in [6, 6.07) is 31.4. The number of hydrogen-bond donors (Lipinski definition) is 6. The highest BCUT2D eigenvalue weighted by Crippen LogP contribution is 2.31. The second-order valence-corrected chi connectivity index (χ2v) is 12.0. The third kappa shape index (κ3) is 9.11. The molecule has 12 nitrogen and oxygen atoms in total. The fourth-order valence-electron chi connectivity index (χ4n) is 5.90. The van der Waals surface area contributed by atoms with Gasteiger partial charge in [-0.25, -0.2) is 9.97 Å². The van der Waals surface area contributed by atoms with E-state index in [0.717, 1.165) is 55.0 Å². The van der Waals surface area contributed by atoms with Crippen molar-refractivity contribution in [1.82, 2.24) is 31.2 Å². The molecule has 0 aliphatic carbocycles. The molecule has 0 bridgehead atoms. The average molecular weight is 685 g/mol. The molecule has 2 heterocycles. The zero-order chi connectivity index (χ0) is 35.4. The lowest BCUT2D eigenvalue weighted by molar-refractivity contribution is -0.130. The first-order chi connectivity index (χ1) is 25.0. The first kappa shape index (κ1) is 34.7. The van der Waals surface area contributed by atoms with Gasteiger partial charge in [0.15, 0.2) is 0 Å². The van der Waals surface area contributed by atoms with Crippen LogP contribution in [0.1, 0.15) is 19.3 Å². The van der Waals surface area contributed by atoms with E-state index in [0.29, 0.717) is 32.6 Å². The van der Waals surface area contributed by atoms with Crippen molar-refractivity contribution >= 4 is 78.6 Å². The molecule has 0 saturated carbocycles. The topological polar surface area (TPSA) is 166 Å². The minimum atomic E-state index is -0.425. The zero-order valence-corrected chi connectivity index (χ0v) is 28.1. The molecule has 6 N–H and O–H groups in total. The Morgan fingerprint density at radius 1 is 0.451 bits per heavy atom. The Bertz CT molecular complexity index is 2100. The molecule has 0 saturated heterocycles. The smallest absolute Gasteiger partial charge is 0.240 e. The number of benzene rings is 4. The lowest BCUT2D eigenvalue weighted by atomic mass is 10.1. The molecule has 2 aromatic heterocycles. The molecule has 0 aliphatic heterocycles. The maximum absolute atomic E-state index is 12.4. The molecular weight excluding hydrogens is 644 g/mol. The van der Waals surface area contributed by atoms with E-state index >= 15 is 0 Å². The van der Waals surface area contributed by atoms with E-state index < -0.39 is 5.91 Å². The second kappa shape index (κ2) is 17.0. The summed E-state index contributed by atoms with van der Waals surface area (Å²) in [5.41, 5.74) is 5.30. The molecule has 51 heavy (non-hydrogen) atoms. The van der Waals surface area contributed by atoms with Crippen LogP contribution in [0, 0.1) is 0 Å².